The second-order valence-corrected chi connectivity index (χ2v) is 4.01. The quantitative estimate of drug-likeness (QED) is 0.438. The van der Waals surface area contributed by atoms with Crippen LogP contribution < -0.4 is 11.1 Å². The van der Waals surface area contributed by atoms with Crippen molar-refractivity contribution < 1.29 is 19.2 Å². The summed E-state index contributed by atoms with van der Waals surface area (Å²) in [6.45, 7) is 1.51. The molecule has 19 heavy (non-hydrogen) atoms. The molecule has 0 bridgehead atoms. The van der Waals surface area contributed by atoms with E-state index in [2.05, 4.69) is 25.0 Å². The minimum Gasteiger partial charge on any atom is -0.465 e. The number of amides is 1. The summed E-state index contributed by atoms with van der Waals surface area (Å²) in [5.41, 5.74) is 5.61. The van der Waals surface area contributed by atoms with Crippen LogP contribution in [-0.2, 0) is 19.2 Å². The summed E-state index contributed by atoms with van der Waals surface area (Å²) in [4.78, 5) is 31.3. The molecule has 103 valence electrons. The van der Waals surface area contributed by atoms with Crippen molar-refractivity contribution in [1.82, 2.24) is 10.3 Å². The number of esters is 1. The number of thiazole rings is 1. The van der Waals surface area contributed by atoms with Gasteiger partial charge in [0.1, 0.15) is 19.3 Å². The second-order valence-electron chi connectivity index (χ2n) is 3.12. The van der Waals surface area contributed by atoms with Gasteiger partial charge in [0.05, 0.1) is 6.61 Å². The summed E-state index contributed by atoms with van der Waals surface area (Å²) in [5.74, 6) is -1.31. The fraction of sp³-hybridized carbons (Fsp3) is 0.400. The summed E-state index contributed by atoms with van der Waals surface area (Å²) in [7, 11) is 1.29. The Morgan fingerprint density at radius 3 is 2.79 bits per heavy atom. The molecule has 0 unspecified atom stereocenters. The average Bonchev–Trinajstić information content (AvgIpc) is 2.80. The van der Waals surface area contributed by atoms with Crippen LogP contribution >= 0.6 is 11.3 Å². The molecule has 1 radical (unpaired) electrons. The highest BCUT2D eigenvalue weighted by Crippen LogP contribution is 2.12. The second kappa shape index (κ2) is 7.31. The van der Waals surface area contributed by atoms with Gasteiger partial charge < -0.3 is 15.3 Å². The van der Waals surface area contributed by atoms with Crippen LogP contribution in [0, 0.1) is 0 Å². The number of aromatic nitrogens is 1. The molecule has 1 aromatic heterocycles. The fourth-order valence-corrected chi connectivity index (χ4v) is 1.65. The van der Waals surface area contributed by atoms with Crippen molar-refractivity contribution in [2.75, 3.05) is 26.0 Å². The zero-order chi connectivity index (χ0) is 14.3. The summed E-state index contributed by atoms with van der Waals surface area (Å²) in [5, 5.41) is 8.92. The summed E-state index contributed by atoms with van der Waals surface area (Å²) in [6.07, 6.45) is 0. The molecule has 0 spiro atoms. The molecule has 1 amide bonds. The molecule has 8 nitrogen and oxygen atoms in total. The molecule has 0 aliphatic rings. The van der Waals surface area contributed by atoms with Crippen LogP contribution in [0.25, 0.3) is 0 Å². The van der Waals surface area contributed by atoms with Crippen molar-refractivity contribution in [3.8, 4) is 0 Å². The molecule has 0 saturated carbocycles. The smallest absolute Gasteiger partial charge is 0.327 e. The van der Waals surface area contributed by atoms with E-state index in [9.17, 15) is 9.59 Å². The molecule has 0 fully saturated rings. The Balaban J connectivity index is 2.70. The number of anilines is 1. The van der Waals surface area contributed by atoms with Crippen LogP contribution in [-0.4, -0.2) is 42.8 Å². The van der Waals surface area contributed by atoms with Crippen molar-refractivity contribution in [2.24, 2.45) is 5.16 Å². The number of nitrogens with zero attached hydrogens (tertiary/aromatic N) is 3. The van der Waals surface area contributed by atoms with Crippen LogP contribution in [0.1, 0.15) is 12.6 Å². The van der Waals surface area contributed by atoms with Gasteiger partial charge in [-0.25, -0.2) is 10.3 Å². The first kappa shape index (κ1) is 14.9. The van der Waals surface area contributed by atoms with Gasteiger partial charge in [-0.15, -0.1) is 11.3 Å². The summed E-state index contributed by atoms with van der Waals surface area (Å²) < 4.78 is 4.65. The maximum Gasteiger partial charge on any atom is 0.327 e. The Labute approximate surface area is 113 Å². The van der Waals surface area contributed by atoms with Gasteiger partial charge in [0.25, 0.3) is 5.91 Å². The van der Waals surface area contributed by atoms with Gasteiger partial charge in [-0.1, -0.05) is 5.16 Å². The van der Waals surface area contributed by atoms with Gasteiger partial charge in [0, 0.05) is 5.38 Å². The lowest BCUT2D eigenvalue weighted by Crippen LogP contribution is -2.31. The number of ether oxygens (including phenoxy) is 1. The molecular weight excluding hydrogens is 272 g/mol. The first-order chi connectivity index (χ1) is 9.08. The standard InChI is InChI=1S/C10H13N4O4S/c1-3-18-7(15)4-12-9(16)8(14-17-2)6-5-19-10(11)13-6/h5H,3-4H2,1-2H3,(H2,11,13). The highest BCUT2D eigenvalue weighted by Gasteiger charge is 2.20. The molecule has 0 aliphatic carbocycles. The number of carbonyl (C=O) groups is 2. The van der Waals surface area contributed by atoms with Crippen molar-refractivity contribution in [3.63, 3.8) is 0 Å². The van der Waals surface area contributed by atoms with E-state index in [1.165, 1.54) is 7.11 Å². The molecule has 0 atom stereocenters. The largest absolute Gasteiger partial charge is 0.465 e. The van der Waals surface area contributed by atoms with Crippen molar-refractivity contribution in [3.05, 3.63) is 11.1 Å². The van der Waals surface area contributed by atoms with Crippen LogP contribution in [0.4, 0.5) is 5.13 Å². The zero-order valence-corrected chi connectivity index (χ0v) is 11.3. The molecule has 1 heterocycles. The number of hydrogen-bond donors (Lipinski definition) is 1. The maximum absolute atomic E-state index is 11.8. The zero-order valence-electron chi connectivity index (χ0n) is 10.5. The molecular formula is C10H13N4O4S. The van der Waals surface area contributed by atoms with E-state index in [1.807, 2.05) is 0 Å². The van der Waals surface area contributed by atoms with Gasteiger partial charge in [-0.2, -0.15) is 0 Å². The summed E-state index contributed by atoms with van der Waals surface area (Å²) >= 11 is 1.15. The van der Waals surface area contributed by atoms with Crippen molar-refractivity contribution in [1.29, 1.82) is 0 Å². The van der Waals surface area contributed by atoms with Crippen molar-refractivity contribution >= 4 is 34.1 Å². The van der Waals surface area contributed by atoms with Gasteiger partial charge in [0.15, 0.2) is 10.8 Å². The number of oxime groups is 1. The molecule has 1 rings (SSSR count). The predicted molar refractivity (Wildman–Crippen MR) is 68.7 cm³/mol. The normalized spacial score (nSPS) is 10.9. The fourth-order valence-electron chi connectivity index (χ4n) is 1.10. The molecule has 1 aromatic rings. The lowest BCUT2D eigenvalue weighted by Gasteiger charge is -2.03. The Bertz CT molecular complexity index is 486. The monoisotopic (exact) mass is 285 g/mol. The van der Waals surface area contributed by atoms with Gasteiger partial charge in [-0.3, -0.25) is 9.59 Å². The highest BCUT2D eigenvalue weighted by atomic mass is 32.1. The van der Waals surface area contributed by atoms with E-state index in [-0.39, 0.29) is 29.7 Å². The minimum atomic E-state index is -0.722. The average molecular weight is 285 g/mol. The number of hydrogen-bond acceptors (Lipinski definition) is 8. The number of rotatable bonds is 6. The van der Waals surface area contributed by atoms with E-state index >= 15 is 0 Å². The molecule has 2 N–H and O–H groups in total. The van der Waals surface area contributed by atoms with Crippen LogP contribution in [0.5, 0.6) is 0 Å². The first-order valence-corrected chi connectivity index (χ1v) is 6.16. The van der Waals surface area contributed by atoms with E-state index in [0.717, 1.165) is 11.3 Å². The van der Waals surface area contributed by atoms with E-state index in [0.29, 0.717) is 0 Å². The first-order valence-electron chi connectivity index (χ1n) is 5.28. The Hall–Kier alpha value is -2.16. The molecule has 0 saturated heterocycles. The Kier molecular flexibility index (Phi) is 5.73. The van der Waals surface area contributed by atoms with Crippen molar-refractivity contribution in [2.45, 2.75) is 6.92 Å². The van der Waals surface area contributed by atoms with Crippen LogP contribution in [0.3, 0.4) is 0 Å². The lowest BCUT2D eigenvalue weighted by molar-refractivity contribution is -0.143. The number of nitrogen functional groups attached to an aromatic ring is 1. The van der Waals surface area contributed by atoms with Gasteiger partial charge in [-0.05, 0) is 6.92 Å². The van der Waals surface area contributed by atoms with Gasteiger partial charge >= 0.3 is 5.97 Å². The topological polar surface area (TPSA) is 118 Å². The van der Waals surface area contributed by atoms with E-state index in [1.54, 1.807) is 12.3 Å². The molecule has 0 aliphatic heterocycles. The lowest BCUT2D eigenvalue weighted by atomic mass is 10.3. The number of carbonyl (C=O) groups excluding carboxylic acids is 2. The Morgan fingerprint density at radius 1 is 1.53 bits per heavy atom. The molecule has 9 heteroatoms. The third-order valence-corrected chi connectivity index (χ3v) is 2.48. The highest BCUT2D eigenvalue weighted by molar-refractivity contribution is 7.13. The van der Waals surface area contributed by atoms with E-state index in [4.69, 9.17) is 5.73 Å². The van der Waals surface area contributed by atoms with Crippen LogP contribution in [0.15, 0.2) is 10.5 Å². The minimum absolute atomic E-state index is 0.111. The third-order valence-electron chi connectivity index (χ3n) is 1.81. The third kappa shape index (κ3) is 4.54. The molecule has 0 aromatic carbocycles. The Morgan fingerprint density at radius 2 is 2.26 bits per heavy atom. The summed E-state index contributed by atoms with van der Waals surface area (Å²) in [6, 6.07) is 0. The number of nitrogens with two attached hydrogens (primary N) is 1. The van der Waals surface area contributed by atoms with E-state index < -0.39 is 11.9 Å². The predicted octanol–water partition coefficient (Wildman–Crippen LogP) is -0.230. The van der Waals surface area contributed by atoms with Crippen LogP contribution in [0.2, 0.25) is 0 Å². The van der Waals surface area contributed by atoms with Gasteiger partial charge in [0.2, 0.25) is 0 Å². The SMILES string of the molecule is CCOC(=O)C[N]C(=O)C(=NOC)c1csc(N)n1. The maximum atomic E-state index is 11.8.